The van der Waals surface area contributed by atoms with Gasteiger partial charge in [-0.3, -0.25) is 4.79 Å². The molecule has 1 aromatic heterocycles. The molecule has 3 nitrogen and oxygen atoms in total. The van der Waals surface area contributed by atoms with E-state index < -0.39 is 0 Å². The normalized spacial score (nSPS) is 12.6. The zero-order valence-corrected chi connectivity index (χ0v) is 13.4. The molecular formula is C20H20N2O. The highest BCUT2D eigenvalue weighted by atomic mass is 16.1. The summed E-state index contributed by atoms with van der Waals surface area (Å²) in [7, 11) is 1.96. The third-order valence-electron chi connectivity index (χ3n) is 3.93. The first-order chi connectivity index (χ1) is 11.1. The highest BCUT2D eigenvalue weighted by molar-refractivity contribution is 5.93. The van der Waals surface area contributed by atoms with Gasteiger partial charge in [0.15, 0.2) is 0 Å². The maximum atomic E-state index is 12.1. The van der Waals surface area contributed by atoms with Gasteiger partial charge in [-0.15, -0.1) is 0 Å². The lowest BCUT2D eigenvalue weighted by molar-refractivity contribution is -0.117. The molecule has 0 radical (unpaired) electrons. The lowest BCUT2D eigenvalue weighted by Gasteiger charge is -2.15. The quantitative estimate of drug-likeness (QED) is 0.724. The Morgan fingerprint density at radius 2 is 1.91 bits per heavy atom. The molecule has 1 amide bonds. The molecule has 1 atom stereocenters. The first-order valence-electron chi connectivity index (χ1n) is 7.72. The number of rotatable bonds is 4. The van der Waals surface area contributed by atoms with Gasteiger partial charge in [-0.1, -0.05) is 42.5 Å². The molecule has 3 heteroatoms. The van der Waals surface area contributed by atoms with Gasteiger partial charge in [-0.25, -0.2) is 0 Å². The zero-order chi connectivity index (χ0) is 16.2. The summed E-state index contributed by atoms with van der Waals surface area (Å²) < 4.78 is 1.95. The van der Waals surface area contributed by atoms with Crippen molar-refractivity contribution in [1.29, 1.82) is 0 Å². The molecule has 0 saturated carbocycles. The average Bonchev–Trinajstić information content (AvgIpc) is 2.98. The molecule has 0 fully saturated rings. The van der Waals surface area contributed by atoms with Gasteiger partial charge >= 0.3 is 0 Å². The number of benzene rings is 2. The predicted molar refractivity (Wildman–Crippen MR) is 95.0 cm³/mol. The minimum absolute atomic E-state index is 0.0472. The number of carbonyl (C=O) groups excluding carboxylic acids is 1. The fourth-order valence-electron chi connectivity index (χ4n) is 2.76. The van der Waals surface area contributed by atoms with E-state index in [1.807, 2.05) is 61.3 Å². The van der Waals surface area contributed by atoms with Gasteiger partial charge in [0.1, 0.15) is 0 Å². The smallest absolute Gasteiger partial charge is 0.244 e. The Morgan fingerprint density at radius 3 is 2.70 bits per heavy atom. The second kappa shape index (κ2) is 6.53. The fraction of sp³-hybridized carbons (Fsp3) is 0.150. The minimum Gasteiger partial charge on any atom is -0.357 e. The van der Waals surface area contributed by atoms with Crippen molar-refractivity contribution in [2.45, 2.75) is 13.0 Å². The summed E-state index contributed by atoms with van der Waals surface area (Å²) in [4.78, 5) is 12.1. The zero-order valence-electron chi connectivity index (χ0n) is 13.4. The number of nitrogens with one attached hydrogen (secondary N) is 1. The van der Waals surface area contributed by atoms with E-state index in [1.165, 1.54) is 10.8 Å². The van der Waals surface area contributed by atoms with Crippen LogP contribution in [0.5, 0.6) is 0 Å². The summed E-state index contributed by atoms with van der Waals surface area (Å²) in [6, 6.07) is 16.3. The van der Waals surface area contributed by atoms with Crippen molar-refractivity contribution in [1.82, 2.24) is 9.88 Å². The Hall–Kier alpha value is -2.81. The number of amides is 1. The number of aryl methyl sites for hydroxylation is 1. The molecule has 0 aliphatic rings. The summed E-state index contributed by atoms with van der Waals surface area (Å²) in [5.74, 6) is -0.0886. The Labute approximate surface area is 136 Å². The predicted octanol–water partition coefficient (Wildman–Crippen LogP) is 4.07. The summed E-state index contributed by atoms with van der Waals surface area (Å²) in [6.45, 7) is 2.01. The first-order valence-corrected chi connectivity index (χ1v) is 7.72. The van der Waals surface area contributed by atoms with Crippen LogP contribution < -0.4 is 5.32 Å². The maximum absolute atomic E-state index is 12.1. The average molecular weight is 304 g/mol. The molecule has 3 aromatic rings. The Bertz CT molecular complexity index is 855. The van der Waals surface area contributed by atoms with Crippen LogP contribution in [0.3, 0.4) is 0 Å². The van der Waals surface area contributed by atoms with E-state index in [2.05, 4.69) is 29.6 Å². The summed E-state index contributed by atoms with van der Waals surface area (Å²) >= 11 is 0. The molecule has 1 heterocycles. The fourth-order valence-corrected chi connectivity index (χ4v) is 2.76. The van der Waals surface area contributed by atoms with Crippen LogP contribution in [0.1, 0.15) is 24.1 Å². The van der Waals surface area contributed by atoms with Crippen LogP contribution in [0.4, 0.5) is 0 Å². The molecule has 0 aliphatic heterocycles. The van der Waals surface area contributed by atoms with E-state index in [1.54, 1.807) is 6.08 Å². The van der Waals surface area contributed by atoms with E-state index >= 15 is 0 Å². The maximum Gasteiger partial charge on any atom is 0.244 e. The molecule has 116 valence electrons. The second-order valence-corrected chi connectivity index (χ2v) is 5.74. The Balaban J connectivity index is 1.74. The van der Waals surface area contributed by atoms with Gasteiger partial charge in [0.05, 0.1) is 6.04 Å². The standard InChI is InChI=1S/C20H20N2O/c1-15(18-9-5-7-17-6-3-4-8-19(17)18)21-20(23)11-10-16-12-13-22(2)14-16/h3-15H,1-2H3,(H,21,23). The van der Waals surface area contributed by atoms with Crippen molar-refractivity contribution in [2.24, 2.45) is 7.05 Å². The molecule has 3 rings (SSSR count). The Morgan fingerprint density at radius 1 is 1.13 bits per heavy atom. The number of aromatic nitrogens is 1. The number of hydrogen-bond acceptors (Lipinski definition) is 1. The highest BCUT2D eigenvalue weighted by Crippen LogP contribution is 2.23. The van der Waals surface area contributed by atoms with Crippen molar-refractivity contribution < 1.29 is 4.79 Å². The largest absolute Gasteiger partial charge is 0.357 e. The summed E-state index contributed by atoms with van der Waals surface area (Å²) in [6.07, 6.45) is 7.33. The summed E-state index contributed by atoms with van der Waals surface area (Å²) in [5, 5.41) is 5.39. The number of nitrogens with zero attached hydrogens (tertiary/aromatic N) is 1. The summed E-state index contributed by atoms with van der Waals surface area (Å²) in [5.41, 5.74) is 2.14. The third-order valence-corrected chi connectivity index (χ3v) is 3.93. The van der Waals surface area contributed by atoms with Gasteiger partial charge in [0.2, 0.25) is 5.91 Å². The van der Waals surface area contributed by atoms with Crippen LogP contribution in [0.2, 0.25) is 0 Å². The highest BCUT2D eigenvalue weighted by Gasteiger charge is 2.10. The van der Waals surface area contributed by atoms with Crippen LogP contribution in [-0.4, -0.2) is 10.5 Å². The second-order valence-electron chi connectivity index (χ2n) is 5.74. The van der Waals surface area contributed by atoms with Crippen molar-refractivity contribution in [3.63, 3.8) is 0 Å². The number of hydrogen-bond donors (Lipinski definition) is 1. The van der Waals surface area contributed by atoms with Crippen LogP contribution in [-0.2, 0) is 11.8 Å². The molecule has 2 aromatic carbocycles. The van der Waals surface area contributed by atoms with Gasteiger partial charge in [0, 0.05) is 25.5 Å². The topological polar surface area (TPSA) is 34.0 Å². The third kappa shape index (κ3) is 3.51. The van der Waals surface area contributed by atoms with Crippen molar-refractivity contribution >= 4 is 22.8 Å². The molecular weight excluding hydrogens is 284 g/mol. The minimum atomic E-state index is -0.0886. The van der Waals surface area contributed by atoms with E-state index in [0.717, 1.165) is 11.1 Å². The number of fused-ring (bicyclic) bond motifs is 1. The van der Waals surface area contributed by atoms with E-state index in [4.69, 9.17) is 0 Å². The van der Waals surface area contributed by atoms with Crippen LogP contribution in [0, 0.1) is 0 Å². The van der Waals surface area contributed by atoms with Crippen molar-refractivity contribution in [3.05, 3.63) is 78.1 Å². The molecule has 1 unspecified atom stereocenters. The molecule has 1 N–H and O–H groups in total. The molecule has 23 heavy (non-hydrogen) atoms. The SMILES string of the molecule is CC(NC(=O)C=Cc1ccn(C)c1)c1cccc2ccccc12. The van der Waals surface area contributed by atoms with E-state index in [9.17, 15) is 4.79 Å². The van der Waals surface area contributed by atoms with Gasteiger partial charge in [0.25, 0.3) is 0 Å². The lowest BCUT2D eigenvalue weighted by Crippen LogP contribution is -2.24. The van der Waals surface area contributed by atoms with Crippen LogP contribution >= 0.6 is 0 Å². The van der Waals surface area contributed by atoms with Crippen LogP contribution in [0.25, 0.3) is 16.8 Å². The molecule has 0 aliphatic carbocycles. The number of carbonyl (C=O) groups is 1. The van der Waals surface area contributed by atoms with E-state index in [-0.39, 0.29) is 11.9 Å². The van der Waals surface area contributed by atoms with Crippen molar-refractivity contribution in [2.75, 3.05) is 0 Å². The van der Waals surface area contributed by atoms with Gasteiger partial charge in [-0.05, 0) is 41.0 Å². The molecule has 0 bridgehead atoms. The van der Waals surface area contributed by atoms with Gasteiger partial charge in [-0.2, -0.15) is 0 Å². The lowest BCUT2D eigenvalue weighted by atomic mass is 10.00. The van der Waals surface area contributed by atoms with E-state index in [0.29, 0.717) is 0 Å². The monoisotopic (exact) mass is 304 g/mol. The molecule has 0 saturated heterocycles. The first kappa shape index (κ1) is 15.1. The molecule has 0 spiro atoms. The Kier molecular flexibility index (Phi) is 4.29. The van der Waals surface area contributed by atoms with Crippen LogP contribution in [0.15, 0.2) is 67.0 Å². The van der Waals surface area contributed by atoms with Crippen molar-refractivity contribution in [3.8, 4) is 0 Å². The van der Waals surface area contributed by atoms with Gasteiger partial charge < -0.3 is 9.88 Å².